The molecule has 1 heterocycles. The molecule has 2 amide bonds. The highest BCUT2D eigenvalue weighted by Crippen LogP contribution is 2.24. The summed E-state index contributed by atoms with van der Waals surface area (Å²) in [4.78, 5) is 24.4. The number of nitrogens with zero attached hydrogens (tertiary/aromatic N) is 1. The molecule has 0 aliphatic carbocycles. The van der Waals surface area contributed by atoms with E-state index in [9.17, 15) is 14.0 Å². The highest BCUT2D eigenvalue weighted by molar-refractivity contribution is 6.31. The maximum absolute atomic E-state index is 12.6. The van der Waals surface area contributed by atoms with Crippen LogP contribution in [-0.2, 0) is 9.59 Å². The third kappa shape index (κ3) is 4.07. The van der Waals surface area contributed by atoms with Gasteiger partial charge in [0.25, 0.3) is 11.5 Å². The van der Waals surface area contributed by atoms with Crippen LogP contribution in [0.3, 0.4) is 0 Å². The Balaban J connectivity index is 1.94. The summed E-state index contributed by atoms with van der Waals surface area (Å²) >= 11 is 5.05. The minimum Gasteiger partial charge on any atom is -0.371 e. The highest BCUT2D eigenvalue weighted by atomic mass is 35.5. The monoisotopic (exact) mass is 313 g/mol. The SMILES string of the molecule is NC(=O)C1CCN(c2ccc(NC(=O)C(F)Cl)cc2)CC1. The molecule has 1 fully saturated rings. The van der Waals surface area contributed by atoms with E-state index in [1.54, 1.807) is 12.1 Å². The molecule has 0 bridgehead atoms. The Morgan fingerprint density at radius 3 is 2.33 bits per heavy atom. The first kappa shape index (κ1) is 15.6. The second-order valence-corrected chi connectivity index (χ2v) is 5.38. The van der Waals surface area contributed by atoms with Crippen molar-refractivity contribution in [2.45, 2.75) is 18.5 Å². The lowest BCUT2D eigenvalue weighted by molar-refractivity contribution is -0.122. The van der Waals surface area contributed by atoms with Crippen molar-refractivity contribution < 1.29 is 14.0 Å². The van der Waals surface area contributed by atoms with Gasteiger partial charge in [-0.3, -0.25) is 9.59 Å². The van der Waals surface area contributed by atoms with Gasteiger partial charge in [0, 0.05) is 30.4 Å². The molecule has 1 aliphatic heterocycles. The van der Waals surface area contributed by atoms with Gasteiger partial charge in [-0.1, -0.05) is 11.6 Å². The molecular weight excluding hydrogens is 297 g/mol. The average molecular weight is 314 g/mol. The number of halogens is 2. The van der Waals surface area contributed by atoms with E-state index in [-0.39, 0.29) is 11.8 Å². The zero-order valence-electron chi connectivity index (χ0n) is 11.4. The van der Waals surface area contributed by atoms with Crippen LogP contribution in [0.4, 0.5) is 15.8 Å². The highest BCUT2D eigenvalue weighted by Gasteiger charge is 2.23. The number of primary amides is 1. The number of hydrogen-bond donors (Lipinski definition) is 2. The maximum atomic E-state index is 12.6. The molecule has 0 aromatic heterocycles. The number of anilines is 2. The smallest absolute Gasteiger partial charge is 0.274 e. The molecule has 7 heteroatoms. The Bertz CT molecular complexity index is 513. The lowest BCUT2D eigenvalue weighted by Gasteiger charge is -2.32. The van der Waals surface area contributed by atoms with E-state index in [0.717, 1.165) is 31.6 Å². The summed E-state index contributed by atoms with van der Waals surface area (Å²) in [6.45, 7) is 1.51. The van der Waals surface area contributed by atoms with Crippen molar-refractivity contribution in [2.75, 3.05) is 23.3 Å². The zero-order chi connectivity index (χ0) is 15.4. The summed E-state index contributed by atoms with van der Waals surface area (Å²) in [6, 6.07) is 7.04. The number of nitrogens with one attached hydrogen (secondary N) is 1. The fourth-order valence-corrected chi connectivity index (χ4v) is 2.43. The van der Waals surface area contributed by atoms with Crippen molar-refractivity contribution in [3.8, 4) is 0 Å². The maximum Gasteiger partial charge on any atom is 0.274 e. The Morgan fingerprint density at radius 2 is 1.86 bits per heavy atom. The van der Waals surface area contributed by atoms with Gasteiger partial charge in [-0.25, -0.2) is 4.39 Å². The Kier molecular flexibility index (Phi) is 5.01. The molecule has 3 N–H and O–H groups in total. The van der Waals surface area contributed by atoms with Crippen molar-refractivity contribution >= 4 is 34.8 Å². The summed E-state index contributed by atoms with van der Waals surface area (Å²) in [6.07, 6.45) is 1.48. The normalized spacial score (nSPS) is 17.3. The molecule has 0 radical (unpaired) electrons. The van der Waals surface area contributed by atoms with Gasteiger partial charge in [-0.15, -0.1) is 0 Å². The van der Waals surface area contributed by atoms with Crippen LogP contribution in [0, 0.1) is 5.92 Å². The van der Waals surface area contributed by atoms with Crippen LogP contribution in [0.5, 0.6) is 0 Å². The van der Waals surface area contributed by atoms with Crippen molar-refractivity contribution in [3.05, 3.63) is 24.3 Å². The summed E-state index contributed by atoms with van der Waals surface area (Å²) in [5, 5.41) is 2.37. The van der Waals surface area contributed by atoms with Crippen molar-refractivity contribution in [1.29, 1.82) is 0 Å². The van der Waals surface area contributed by atoms with E-state index in [0.29, 0.717) is 5.69 Å². The number of hydrogen-bond acceptors (Lipinski definition) is 3. The van der Waals surface area contributed by atoms with Gasteiger partial charge in [-0.2, -0.15) is 0 Å². The quantitative estimate of drug-likeness (QED) is 0.833. The molecular formula is C14H17ClFN3O2. The van der Waals surface area contributed by atoms with Gasteiger partial charge in [0.2, 0.25) is 5.91 Å². The molecule has 1 aromatic carbocycles. The summed E-state index contributed by atoms with van der Waals surface area (Å²) in [5.74, 6) is -1.17. The van der Waals surface area contributed by atoms with Gasteiger partial charge in [0.1, 0.15) is 0 Å². The third-order valence-corrected chi connectivity index (χ3v) is 3.79. The lowest BCUT2D eigenvalue weighted by Crippen LogP contribution is -2.38. The Hall–Kier alpha value is -1.82. The van der Waals surface area contributed by atoms with E-state index in [1.807, 2.05) is 12.1 Å². The molecule has 5 nitrogen and oxygen atoms in total. The van der Waals surface area contributed by atoms with E-state index < -0.39 is 11.5 Å². The molecule has 1 unspecified atom stereocenters. The molecule has 1 saturated heterocycles. The van der Waals surface area contributed by atoms with E-state index >= 15 is 0 Å². The van der Waals surface area contributed by atoms with Gasteiger partial charge < -0.3 is 16.0 Å². The van der Waals surface area contributed by atoms with E-state index in [1.165, 1.54) is 0 Å². The predicted octanol–water partition coefficient (Wildman–Crippen LogP) is 1.86. The van der Waals surface area contributed by atoms with Gasteiger partial charge >= 0.3 is 0 Å². The topological polar surface area (TPSA) is 75.4 Å². The first-order valence-electron chi connectivity index (χ1n) is 6.70. The Morgan fingerprint density at radius 1 is 1.29 bits per heavy atom. The number of piperidine rings is 1. The number of alkyl halides is 2. The molecule has 114 valence electrons. The van der Waals surface area contributed by atoms with E-state index in [2.05, 4.69) is 10.2 Å². The Labute approximate surface area is 127 Å². The molecule has 1 aromatic rings. The van der Waals surface area contributed by atoms with Crippen molar-refractivity contribution in [3.63, 3.8) is 0 Å². The number of rotatable bonds is 4. The van der Waals surface area contributed by atoms with Gasteiger partial charge in [0.05, 0.1) is 0 Å². The van der Waals surface area contributed by atoms with E-state index in [4.69, 9.17) is 17.3 Å². The number of carbonyl (C=O) groups is 2. The zero-order valence-corrected chi connectivity index (χ0v) is 12.1. The second-order valence-electron chi connectivity index (χ2n) is 5.00. The molecule has 0 saturated carbocycles. The number of benzene rings is 1. The van der Waals surface area contributed by atoms with Crippen LogP contribution in [0.15, 0.2) is 24.3 Å². The third-order valence-electron chi connectivity index (χ3n) is 3.60. The summed E-state index contributed by atoms with van der Waals surface area (Å²) in [7, 11) is 0. The minimum absolute atomic E-state index is 0.0509. The largest absolute Gasteiger partial charge is 0.371 e. The average Bonchev–Trinajstić information content (AvgIpc) is 2.48. The molecule has 21 heavy (non-hydrogen) atoms. The second kappa shape index (κ2) is 6.76. The van der Waals surface area contributed by atoms with Crippen LogP contribution in [0.2, 0.25) is 0 Å². The van der Waals surface area contributed by atoms with Crippen LogP contribution >= 0.6 is 11.6 Å². The molecule has 1 aliphatic rings. The number of nitrogens with two attached hydrogens (primary N) is 1. The van der Waals surface area contributed by atoms with Crippen molar-refractivity contribution in [1.82, 2.24) is 0 Å². The number of carbonyl (C=O) groups excluding carboxylic acids is 2. The number of amides is 2. The fourth-order valence-electron chi connectivity index (χ4n) is 2.37. The van der Waals surface area contributed by atoms with Crippen LogP contribution < -0.4 is 16.0 Å². The first-order valence-corrected chi connectivity index (χ1v) is 7.14. The van der Waals surface area contributed by atoms with Gasteiger partial charge in [0.15, 0.2) is 0 Å². The first-order chi connectivity index (χ1) is 9.97. The summed E-state index contributed by atoms with van der Waals surface area (Å²) < 4.78 is 12.6. The van der Waals surface area contributed by atoms with Crippen LogP contribution in [-0.4, -0.2) is 30.5 Å². The van der Waals surface area contributed by atoms with Crippen molar-refractivity contribution in [2.24, 2.45) is 11.7 Å². The fraction of sp³-hybridized carbons (Fsp3) is 0.429. The van der Waals surface area contributed by atoms with Crippen LogP contribution in [0.1, 0.15) is 12.8 Å². The van der Waals surface area contributed by atoms with Crippen LogP contribution in [0.25, 0.3) is 0 Å². The minimum atomic E-state index is -2.06. The predicted molar refractivity (Wildman–Crippen MR) is 80.0 cm³/mol. The molecule has 1 atom stereocenters. The summed E-state index contributed by atoms with van der Waals surface area (Å²) in [5.41, 5.74) is 4.72. The van der Waals surface area contributed by atoms with Gasteiger partial charge in [-0.05, 0) is 37.1 Å². The lowest BCUT2D eigenvalue weighted by atomic mass is 9.96. The molecule has 0 spiro atoms. The molecule has 2 rings (SSSR count). The standard InChI is InChI=1S/C14H17ClFN3O2/c15-12(16)14(21)18-10-1-3-11(4-2-10)19-7-5-9(6-8-19)13(17)20/h1-4,9,12H,5-8H2,(H2,17,20)(H,18,21).